The highest BCUT2D eigenvalue weighted by Gasteiger charge is 1.91. The van der Waals surface area contributed by atoms with Gasteiger partial charge >= 0.3 is 0 Å². The topological polar surface area (TPSA) is 17.8 Å². The van der Waals surface area contributed by atoms with Crippen molar-refractivity contribution in [2.24, 2.45) is 7.05 Å². The third-order valence-electron chi connectivity index (χ3n) is 0.924. The molecular weight excluding hydrogens is 120 g/mol. The summed E-state index contributed by atoms with van der Waals surface area (Å²) < 4.78 is 1.80. The lowest BCUT2D eigenvalue weighted by atomic mass is 10.7. The van der Waals surface area contributed by atoms with Crippen molar-refractivity contribution in [1.82, 2.24) is 9.78 Å². The largest absolute Gasteiger partial charge is 0.261 e. The van der Waals surface area contributed by atoms with Crippen LogP contribution in [0.5, 0.6) is 0 Å². The van der Waals surface area contributed by atoms with E-state index < -0.39 is 0 Å². The van der Waals surface area contributed by atoms with Crippen LogP contribution in [0, 0.1) is 6.20 Å². The van der Waals surface area contributed by atoms with Gasteiger partial charge in [-0.25, -0.2) is 0 Å². The maximum atomic E-state index is 3.86. The highest BCUT2D eigenvalue weighted by Crippen LogP contribution is 2.09. The maximum Gasteiger partial charge on any atom is 0.114 e. The van der Waals surface area contributed by atoms with Crippen LogP contribution in [0.25, 0.3) is 0 Å². The lowest BCUT2D eigenvalue weighted by Gasteiger charge is -1.92. The van der Waals surface area contributed by atoms with Crippen LogP contribution < -0.4 is 0 Å². The van der Waals surface area contributed by atoms with Crippen molar-refractivity contribution in [3.8, 4) is 0 Å². The Morgan fingerprint density at radius 2 is 2.62 bits per heavy atom. The van der Waals surface area contributed by atoms with E-state index in [4.69, 9.17) is 0 Å². The monoisotopic (exact) mass is 127 g/mol. The summed E-state index contributed by atoms with van der Waals surface area (Å²) in [7, 11) is 1.91. The van der Waals surface area contributed by atoms with Crippen LogP contribution in [-0.4, -0.2) is 16.0 Å². The Hall–Kier alpha value is -0.440. The number of nitrogens with zero attached hydrogens (tertiary/aromatic N) is 2. The predicted octanol–water partition coefficient (Wildman–Crippen LogP) is 0.942. The summed E-state index contributed by atoms with van der Waals surface area (Å²) in [6.07, 6.45) is 4.76. The fourth-order valence-electron chi connectivity index (χ4n) is 0.504. The molecule has 0 unspecified atom stereocenters. The molecular formula is C5H7N2S. The Morgan fingerprint density at radius 1 is 1.88 bits per heavy atom. The molecule has 2 nitrogen and oxygen atoms in total. The van der Waals surface area contributed by atoms with Gasteiger partial charge in [-0.3, -0.25) is 4.68 Å². The summed E-state index contributed by atoms with van der Waals surface area (Å²) in [5.74, 6) is 0. The zero-order valence-corrected chi connectivity index (χ0v) is 5.70. The first-order chi connectivity index (χ1) is 3.84. The zero-order valence-electron chi connectivity index (χ0n) is 4.88. The Morgan fingerprint density at radius 3 is 2.88 bits per heavy atom. The third-order valence-corrected chi connectivity index (χ3v) is 1.72. The summed E-state index contributed by atoms with van der Waals surface area (Å²) in [5.41, 5.74) is 0. The van der Waals surface area contributed by atoms with Crippen LogP contribution in [-0.2, 0) is 7.05 Å². The smallest absolute Gasteiger partial charge is 0.114 e. The number of hydrogen-bond acceptors (Lipinski definition) is 2. The van der Waals surface area contributed by atoms with Crippen molar-refractivity contribution in [3.05, 3.63) is 12.3 Å². The molecule has 1 radical (unpaired) electrons. The second kappa shape index (κ2) is 2.22. The summed E-state index contributed by atoms with van der Waals surface area (Å²) in [6, 6.07) is 1.87. The third kappa shape index (κ3) is 0.865. The van der Waals surface area contributed by atoms with E-state index in [2.05, 4.69) is 11.3 Å². The summed E-state index contributed by atoms with van der Waals surface area (Å²) in [6.45, 7) is 0. The molecule has 0 saturated heterocycles. The normalized spacial score (nSPS) is 9.75. The molecule has 1 aromatic rings. The minimum absolute atomic E-state index is 1.14. The van der Waals surface area contributed by atoms with Crippen LogP contribution in [0.1, 0.15) is 0 Å². The minimum atomic E-state index is 1.14. The van der Waals surface area contributed by atoms with Gasteiger partial charge in [-0.1, -0.05) is 0 Å². The summed E-state index contributed by atoms with van der Waals surface area (Å²) >= 11 is 1.67. The Labute approximate surface area is 52.9 Å². The molecule has 0 amide bonds. The molecule has 0 aromatic carbocycles. The molecule has 3 heteroatoms. The molecule has 8 heavy (non-hydrogen) atoms. The second-order valence-electron chi connectivity index (χ2n) is 1.44. The molecule has 0 aliphatic heterocycles. The van der Waals surface area contributed by atoms with Crippen molar-refractivity contribution in [3.63, 3.8) is 0 Å². The Bertz CT molecular complexity index is 171. The molecule has 0 fully saturated rings. The quantitative estimate of drug-likeness (QED) is 0.522. The van der Waals surface area contributed by atoms with E-state index in [-0.39, 0.29) is 0 Å². The molecule has 0 aliphatic rings. The van der Waals surface area contributed by atoms with E-state index >= 15 is 0 Å². The minimum Gasteiger partial charge on any atom is -0.261 e. The SMILES string of the molecule is CSc1c[c]nn1C. The van der Waals surface area contributed by atoms with E-state index in [0.717, 1.165) is 5.03 Å². The highest BCUT2D eigenvalue weighted by atomic mass is 32.2. The first-order valence-electron chi connectivity index (χ1n) is 2.28. The fraction of sp³-hybridized carbons (Fsp3) is 0.400. The van der Waals surface area contributed by atoms with Gasteiger partial charge in [0.2, 0.25) is 0 Å². The molecule has 0 spiro atoms. The van der Waals surface area contributed by atoms with Gasteiger partial charge in [-0.05, 0) is 12.3 Å². The van der Waals surface area contributed by atoms with Gasteiger partial charge < -0.3 is 0 Å². The van der Waals surface area contributed by atoms with Crippen molar-refractivity contribution in [1.29, 1.82) is 0 Å². The molecule has 0 N–H and O–H groups in total. The van der Waals surface area contributed by atoms with Crippen LogP contribution in [0.3, 0.4) is 0 Å². The van der Waals surface area contributed by atoms with Gasteiger partial charge in [0.25, 0.3) is 0 Å². The van der Waals surface area contributed by atoms with Crippen LogP contribution in [0.4, 0.5) is 0 Å². The fourth-order valence-corrected chi connectivity index (χ4v) is 0.980. The van der Waals surface area contributed by atoms with Crippen molar-refractivity contribution in [2.45, 2.75) is 5.03 Å². The summed E-state index contributed by atoms with van der Waals surface area (Å²) in [5, 5.41) is 5.00. The van der Waals surface area contributed by atoms with E-state index in [1.165, 1.54) is 0 Å². The average Bonchev–Trinajstić information content (AvgIpc) is 2.14. The summed E-state index contributed by atoms with van der Waals surface area (Å²) in [4.78, 5) is 0. The van der Waals surface area contributed by atoms with Gasteiger partial charge in [-0.2, -0.15) is 5.10 Å². The van der Waals surface area contributed by atoms with Crippen LogP contribution in [0.15, 0.2) is 11.1 Å². The van der Waals surface area contributed by atoms with Crippen molar-refractivity contribution in [2.75, 3.05) is 6.26 Å². The predicted molar refractivity (Wildman–Crippen MR) is 33.8 cm³/mol. The Kier molecular flexibility index (Phi) is 1.58. The van der Waals surface area contributed by atoms with Gasteiger partial charge in [0.05, 0.1) is 5.03 Å². The molecule has 1 heterocycles. The van der Waals surface area contributed by atoms with Crippen LogP contribution in [0.2, 0.25) is 0 Å². The van der Waals surface area contributed by atoms with E-state index in [0.29, 0.717) is 0 Å². The number of aromatic nitrogens is 2. The number of aryl methyl sites for hydroxylation is 1. The van der Waals surface area contributed by atoms with Crippen molar-refractivity contribution < 1.29 is 0 Å². The van der Waals surface area contributed by atoms with E-state index in [1.807, 2.05) is 19.4 Å². The first-order valence-corrected chi connectivity index (χ1v) is 3.51. The lowest BCUT2D eigenvalue weighted by molar-refractivity contribution is 0.698. The molecule has 43 valence electrons. The van der Waals surface area contributed by atoms with Gasteiger partial charge in [0, 0.05) is 7.05 Å². The molecule has 1 rings (SSSR count). The average molecular weight is 127 g/mol. The zero-order chi connectivity index (χ0) is 5.98. The van der Waals surface area contributed by atoms with E-state index in [9.17, 15) is 0 Å². The standard InChI is InChI=1S/C5H7N2S/c1-7-5(8-2)3-4-6-7/h3H,1-2H3. The number of rotatable bonds is 1. The second-order valence-corrected chi connectivity index (χ2v) is 2.27. The Balaban J connectivity index is 2.92. The van der Waals surface area contributed by atoms with E-state index in [1.54, 1.807) is 16.4 Å². The first kappa shape index (κ1) is 5.69. The highest BCUT2D eigenvalue weighted by molar-refractivity contribution is 7.98. The molecule has 0 atom stereocenters. The van der Waals surface area contributed by atoms with Crippen LogP contribution >= 0.6 is 11.8 Å². The molecule has 0 bridgehead atoms. The van der Waals surface area contributed by atoms with Gasteiger partial charge in [-0.15, -0.1) is 11.8 Å². The number of hydrogen-bond donors (Lipinski definition) is 0. The maximum absolute atomic E-state index is 3.86. The van der Waals surface area contributed by atoms with Gasteiger partial charge in [0.1, 0.15) is 6.20 Å². The van der Waals surface area contributed by atoms with Crippen molar-refractivity contribution >= 4 is 11.8 Å². The molecule has 0 saturated carbocycles. The lowest BCUT2D eigenvalue weighted by Crippen LogP contribution is -1.89. The molecule has 0 aliphatic carbocycles. The van der Waals surface area contributed by atoms with Gasteiger partial charge in [0.15, 0.2) is 0 Å². The molecule has 1 aromatic heterocycles. The number of thioether (sulfide) groups is 1.